The fourth-order valence-electron chi connectivity index (χ4n) is 3.01. The van der Waals surface area contributed by atoms with E-state index in [1.807, 2.05) is 0 Å². The lowest BCUT2D eigenvalue weighted by atomic mass is 9.57. The van der Waals surface area contributed by atoms with E-state index >= 15 is 0 Å². The fourth-order valence-corrected chi connectivity index (χ4v) is 3.01. The van der Waals surface area contributed by atoms with Gasteiger partial charge in [-0.25, -0.2) is 8.78 Å². The summed E-state index contributed by atoms with van der Waals surface area (Å²) in [4.78, 5) is 2.44. The Bertz CT molecular complexity index is 226. The summed E-state index contributed by atoms with van der Waals surface area (Å²) >= 11 is 0. The van der Waals surface area contributed by atoms with Gasteiger partial charge in [-0.2, -0.15) is 0 Å². The summed E-state index contributed by atoms with van der Waals surface area (Å²) in [6, 6.07) is 0.598. The minimum atomic E-state index is -2.09. The lowest BCUT2D eigenvalue weighted by Crippen LogP contribution is -2.65. The van der Waals surface area contributed by atoms with E-state index in [9.17, 15) is 8.78 Å². The van der Waals surface area contributed by atoms with E-state index in [0.717, 1.165) is 25.9 Å². The third-order valence-electron chi connectivity index (χ3n) is 4.36. The first-order valence-electron chi connectivity index (χ1n) is 5.96. The number of rotatable bonds is 3. The molecule has 1 saturated heterocycles. The van der Waals surface area contributed by atoms with Gasteiger partial charge < -0.3 is 0 Å². The molecule has 3 heteroatoms. The zero-order valence-electron chi connectivity index (χ0n) is 9.84. The van der Waals surface area contributed by atoms with E-state index in [2.05, 4.69) is 25.7 Å². The number of hydrogen-bond acceptors (Lipinski definition) is 1. The largest absolute Gasteiger partial charge is 0.299 e. The highest BCUT2D eigenvalue weighted by molar-refractivity contribution is 5.05. The molecule has 1 unspecified atom stereocenters. The second-order valence-corrected chi connectivity index (χ2v) is 5.89. The van der Waals surface area contributed by atoms with Gasteiger partial charge in [0.2, 0.25) is 6.43 Å². The van der Waals surface area contributed by atoms with Crippen LogP contribution in [-0.2, 0) is 0 Å². The SMILES string of the molecule is CC(C)C(C)N1CC2(CC(C(F)F)C2)C1. The molecule has 1 spiro atoms. The van der Waals surface area contributed by atoms with Gasteiger partial charge in [0.25, 0.3) is 0 Å². The number of nitrogens with zero attached hydrogens (tertiary/aromatic N) is 1. The Morgan fingerprint density at radius 2 is 1.67 bits per heavy atom. The zero-order valence-corrected chi connectivity index (χ0v) is 9.84. The predicted octanol–water partition coefficient (Wildman–Crippen LogP) is 3.01. The smallest absolute Gasteiger partial charge is 0.241 e. The standard InChI is InChI=1S/C12H21F2N/c1-8(2)9(3)15-6-12(7-15)4-10(5-12)11(13)14/h8-11H,4-7H2,1-3H3. The minimum absolute atomic E-state index is 0.282. The van der Waals surface area contributed by atoms with Crippen molar-refractivity contribution in [1.82, 2.24) is 4.90 Å². The van der Waals surface area contributed by atoms with Gasteiger partial charge >= 0.3 is 0 Å². The van der Waals surface area contributed by atoms with Crippen LogP contribution in [0.1, 0.15) is 33.6 Å². The van der Waals surface area contributed by atoms with Crippen LogP contribution in [0.15, 0.2) is 0 Å². The summed E-state index contributed by atoms with van der Waals surface area (Å²) in [6.07, 6.45) is -0.579. The van der Waals surface area contributed by atoms with Crippen molar-refractivity contribution in [2.45, 2.75) is 46.1 Å². The maximum Gasteiger partial charge on any atom is 0.241 e. The lowest BCUT2D eigenvalue weighted by molar-refractivity contribution is -0.149. The molecule has 0 amide bonds. The average molecular weight is 217 g/mol. The van der Waals surface area contributed by atoms with Gasteiger partial charge in [0.15, 0.2) is 0 Å². The van der Waals surface area contributed by atoms with Crippen molar-refractivity contribution < 1.29 is 8.78 Å². The highest BCUT2D eigenvalue weighted by atomic mass is 19.3. The molecule has 1 nitrogen and oxygen atoms in total. The van der Waals surface area contributed by atoms with Crippen LogP contribution in [0.5, 0.6) is 0 Å². The Balaban J connectivity index is 1.75. The maximum absolute atomic E-state index is 12.4. The summed E-state index contributed by atoms with van der Waals surface area (Å²) in [5.41, 5.74) is 0.282. The summed E-state index contributed by atoms with van der Waals surface area (Å²) < 4.78 is 24.7. The molecule has 2 aliphatic rings. The van der Waals surface area contributed by atoms with Crippen molar-refractivity contribution >= 4 is 0 Å². The molecule has 15 heavy (non-hydrogen) atoms. The highest BCUT2D eigenvalue weighted by Crippen LogP contribution is 2.54. The normalized spacial score (nSPS) is 28.2. The second-order valence-electron chi connectivity index (χ2n) is 5.89. The molecule has 0 aromatic rings. The first-order valence-corrected chi connectivity index (χ1v) is 5.96. The van der Waals surface area contributed by atoms with Crippen LogP contribution >= 0.6 is 0 Å². The van der Waals surface area contributed by atoms with Crippen molar-refractivity contribution in [2.24, 2.45) is 17.3 Å². The molecule has 0 aromatic heterocycles. The molecule has 0 bridgehead atoms. The third kappa shape index (κ3) is 1.91. The molecule has 2 fully saturated rings. The second kappa shape index (κ2) is 3.69. The van der Waals surface area contributed by atoms with Crippen LogP contribution in [0.4, 0.5) is 8.78 Å². The van der Waals surface area contributed by atoms with Crippen LogP contribution in [0.25, 0.3) is 0 Å². The van der Waals surface area contributed by atoms with Gasteiger partial charge in [-0.3, -0.25) is 4.90 Å². The Labute approximate surface area is 90.8 Å². The Hall–Kier alpha value is -0.180. The molecule has 2 rings (SSSR count). The topological polar surface area (TPSA) is 3.24 Å². The van der Waals surface area contributed by atoms with E-state index < -0.39 is 6.43 Å². The van der Waals surface area contributed by atoms with Crippen LogP contribution in [-0.4, -0.2) is 30.5 Å². The quantitative estimate of drug-likeness (QED) is 0.702. The minimum Gasteiger partial charge on any atom is -0.299 e. The molecule has 0 radical (unpaired) electrons. The monoisotopic (exact) mass is 217 g/mol. The van der Waals surface area contributed by atoms with E-state index in [0.29, 0.717) is 12.0 Å². The summed E-state index contributed by atoms with van der Waals surface area (Å²) in [6.45, 7) is 8.78. The highest BCUT2D eigenvalue weighted by Gasteiger charge is 2.55. The molecule has 1 heterocycles. The van der Waals surface area contributed by atoms with Gasteiger partial charge in [-0.05, 0) is 31.1 Å². The van der Waals surface area contributed by atoms with E-state index in [4.69, 9.17) is 0 Å². The Morgan fingerprint density at radius 1 is 1.13 bits per heavy atom. The van der Waals surface area contributed by atoms with E-state index in [-0.39, 0.29) is 11.3 Å². The molecule has 1 saturated carbocycles. The van der Waals surface area contributed by atoms with Crippen LogP contribution < -0.4 is 0 Å². The van der Waals surface area contributed by atoms with Gasteiger partial charge in [0, 0.05) is 25.0 Å². The van der Waals surface area contributed by atoms with Crippen molar-refractivity contribution in [2.75, 3.05) is 13.1 Å². The lowest BCUT2D eigenvalue weighted by Gasteiger charge is -2.61. The molecule has 1 aliphatic heterocycles. The zero-order chi connectivity index (χ0) is 11.2. The molecular weight excluding hydrogens is 196 g/mol. The Morgan fingerprint density at radius 3 is 2.07 bits per heavy atom. The van der Waals surface area contributed by atoms with Crippen LogP contribution in [0.3, 0.4) is 0 Å². The van der Waals surface area contributed by atoms with E-state index in [1.165, 1.54) is 0 Å². The van der Waals surface area contributed by atoms with Crippen molar-refractivity contribution in [1.29, 1.82) is 0 Å². The van der Waals surface area contributed by atoms with Crippen molar-refractivity contribution in [3.8, 4) is 0 Å². The van der Waals surface area contributed by atoms with Crippen molar-refractivity contribution in [3.63, 3.8) is 0 Å². The summed E-state index contributed by atoms with van der Waals surface area (Å²) in [7, 11) is 0. The molecular formula is C12H21F2N. The Kier molecular flexibility index (Phi) is 2.78. The number of likely N-dealkylation sites (tertiary alicyclic amines) is 1. The number of alkyl halides is 2. The van der Waals surface area contributed by atoms with Crippen LogP contribution in [0, 0.1) is 17.3 Å². The maximum atomic E-state index is 12.4. The van der Waals surface area contributed by atoms with Gasteiger partial charge in [0.1, 0.15) is 0 Å². The van der Waals surface area contributed by atoms with Gasteiger partial charge in [0.05, 0.1) is 0 Å². The summed E-state index contributed by atoms with van der Waals surface area (Å²) in [5.74, 6) is 0.356. The molecule has 1 aliphatic carbocycles. The molecule has 0 N–H and O–H groups in total. The number of halogens is 2. The molecule has 0 aromatic carbocycles. The van der Waals surface area contributed by atoms with Gasteiger partial charge in [-0.1, -0.05) is 13.8 Å². The summed E-state index contributed by atoms with van der Waals surface area (Å²) in [5, 5.41) is 0. The van der Waals surface area contributed by atoms with E-state index in [1.54, 1.807) is 0 Å². The first-order chi connectivity index (χ1) is 6.93. The fraction of sp³-hybridized carbons (Fsp3) is 1.00. The number of hydrogen-bond donors (Lipinski definition) is 0. The molecule has 88 valence electrons. The average Bonchev–Trinajstić information content (AvgIpc) is 1.97. The molecule has 1 atom stereocenters. The predicted molar refractivity (Wildman–Crippen MR) is 57.0 cm³/mol. The van der Waals surface area contributed by atoms with Gasteiger partial charge in [-0.15, -0.1) is 0 Å². The third-order valence-corrected chi connectivity index (χ3v) is 4.36. The van der Waals surface area contributed by atoms with Crippen LogP contribution in [0.2, 0.25) is 0 Å². The van der Waals surface area contributed by atoms with Crippen molar-refractivity contribution in [3.05, 3.63) is 0 Å². The first kappa shape index (κ1) is 11.3.